The molecular formula is C14H29N3O. The van der Waals surface area contributed by atoms with E-state index in [-0.39, 0.29) is 5.91 Å². The summed E-state index contributed by atoms with van der Waals surface area (Å²) in [4.78, 5) is 14.3. The molecule has 1 saturated heterocycles. The molecule has 0 atom stereocenters. The highest BCUT2D eigenvalue weighted by Gasteiger charge is 2.25. The van der Waals surface area contributed by atoms with Crippen LogP contribution in [-0.4, -0.2) is 43.5 Å². The quantitative estimate of drug-likeness (QED) is 0.701. The Bertz CT molecular complexity index is 258. The molecule has 0 aromatic carbocycles. The summed E-state index contributed by atoms with van der Waals surface area (Å²) in [6.07, 6.45) is 3.65. The first kappa shape index (κ1) is 15.4. The van der Waals surface area contributed by atoms with Crippen LogP contribution < -0.4 is 11.1 Å². The van der Waals surface area contributed by atoms with Gasteiger partial charge in [-0.05, 0) is 58.7 Å². The minimum atomic E-state index is -0.444. The van der Waals surface area contributed by atoms with Crippen LogP contribution in [0.1, 0.15) is 40.0 Å². The molecule has 4 nitrogen and oxygen atoms in total. The number of rotatable bonds is 6. The first-order chi connectivity index (χ1) is 8.45. The van der Waals surface area contributed by atoms with Crippen molar-refractivity contribution in [2.24, 2.45) is 17.1 Å². The third kappa shape index (κ3) is 4.94. The normalized spacial score (nSPS) is 18.9. The molecule has 0 unspecified atom stereocenters. The molecular weight excluding hydrogens is 226 g/mol. The zero-order chi connectivity index (χ0) is 13.6. The fraction of sp³-hybridized carbons (Fsp3) is 0.929. The second-order valence-corrected chi connectivity index (χ2v) is 6.22. The van der Waals surface area contributed by atoms with E-state index >= 15 is 0 Å². The van der Waals surface area contributed by atoms with Crippen molar-refractivity contribution in [3.05, 3.63) is 0 Å². The molecule has 18 heavy (non-hydrogen) atoms. The number of nitrogens with one attached hydrogen (secondary N) is 1. The highest BCUT2D eigenvalue weighted by molar-refractivity contribution is 5.81. The minimum Gasteiger partial charge on any atom is -0.356 e. The lowest BCUT2D eigenvalue weighted by Crippen LogP contribution is -2.43. The molecule has 0 aliphatic carbocycles. The second kappa shape index (κ2) is 7.10. The van der Waals surface area contributed by atoms with Crippen molar-refractivity contribution >= 4 is 5.91 Å². The summed E-state index contributed by atoms with van der Waals surface area (Å²) in [5, 5.41) is 2.98. The Morgan fingerprint density at radius 3 is 2.56 bits per heavy atom. The Hall–Kier alpha value is -0.610. The van der Waals surface area contributed by atoms with Gasteiger partial charge < -0.3 is 16.0 Å². The number of hydrogen-bond acceptors (Lipinski definition) is 3. The lowest BCUT2D eigenvalue weighted by molar-refractivity contribution is -0.128. The van der Waals surface area contributed by atoms with E-state index in [1.807, 2.05) is 13.8 Å². The summed E-state index contributed by atoms with van der Waals surface area (Å²) in [5.41, 5.74) is 5.13. The van der Waals surface area contributed by atoms with Crippen LogP contribution in [0.2, 0.25) is 0 Å². The zero-order valence-electron chi connectivity index (χ0n) is 12.2. The summed E-state index contributed by atoms with van der Waals surface area (Å²) in [6.45, 7) is 10.8. The second-order valence-electron chi connectivity index (χ2n) is 6.22. The van der Waals surface area contributed by atoms with Crippen LogP contribution in [0, 0.1) is 11.3 Å². The van der Waals surface area contributed by atoms with Gasteiger partial charge in [-0.25, -0.2) is 0 Å². The highest BCUT2D eigenvalue weighted by Crippen LogP contribution is 2.16. The van der Waals surface area contributed by atoms with Gasteiger partial charge >= 0.3 is 0 Å². The summed E-state index contributed by atoms with van der Waals surface area (Å²) in [5.74, 6) is 0.948. The molecule has 0 spiro atoms. The Labute approximate surface area is 111 Å². The molecule has 0 saturated carbocycles. The van der Waals surface area contributed by atoms with E-state index in [0.29, 0.717) is 6.54 Å². The average molecular weight is 255 g/mol. The Morgan fingerprint density at radius 2 is 2.00 bits per heavy atom. The van der Waals surface area contributed by atoms with Gasteiger partial charge in [0.2, 0.25) is 5.91 Å². The molecule has 1 amide bonds. The molecule has 1 fully saturated rings. The topological polar surface area (TPSA) is 58.4 Å². The van der Waals surface area contributed by atoms with E-state index in [4.69, 9.17) is 5.73 Å². The van der Waals surface area contributed by atoms with Crippen LogP contribution in [0.5, 0.6) is 0 Å². The number of likely N-dealkylation sites (tertiary alicyclic amines) is 1. The molecule has 1 heterocycles. The molecule has 1 aliphatic rings. The molecule has 0 bridgehead atoms. The van der Waals surface area contributed by atoms with Gasteiger partial charge in [-0.15, -0.1) is 0 Å². The van der Waals surface area contributed by atoms with Crippen LogP contribution in [0.4, 0.5) is 0 Å². The number of nitrogens with zero attached hydrogens (tertiary/aromatic N) is 1. The van der Waals surface area contributed by atoms with Crippen LogP contribution >= 0.6 is 0 Å². The van der Waals surface area contributed by atoms with E-state index in [1.165, 1.54) is 25.9 Å². The van der Waals surface area contributed by atoms with Gasteiger partial charge in [-0.1, -0.05) is 6.92 Å². The predicted molar refractivity (Wildman–Crippen MR) is 75.3 cm³/mol. The maximum absolute atomic E-state index is 11.8. The van der Waals surface area contributed by atoms with E-state index in [9.17, 15) is 4.79 Å². The van der Waals surface area contributed by atoms with Crippen molar-refractivity contribution in [3.63, 3.8) is 0 Å². The minimum absolute atomic E-state index is 0.0669. The van der Waals surface area contributed by atoms with Crippen LogP contribution in [0.3, 0.4) is 0 Å². The van der Waals surface area contributed by atoms with Crippen molar-refractivity contribution < 1.29 is 4.79 Å². The highest BCUT2D eigenvalue weighted by atomic mass is 16.2. The lowest BCUT2D eigenvalue weighted by atomic mass is 9.93. The first-order valence-corrected chi connectivity index (χ1v) is 7.16. The maximum Gasteiger partial charge on any atom is 0.226 e. The lowest BCUT2D eigenvalue weighted by Gasteiger charge is -2.30. The van der Waals surface area contributed by atoms with Gasteiger partial charge in [-0.3, -0.25) is 4.79 Å². The summed E-state index contributed by atoms with van der Waals surface area (Å²) in [6, 6.07) is 0. The number of hydrogen-bond donors (Lipinski definition) is 2. The monoisotopic (exact) mass is 255 g/mol. The van der Waals surface area contributed by atoms with E-state index in [2.05, 4.69) is 17.1 Å². The van der Waals surface area contributed by atoms with E-state index < -0.39 is 5.41 Å². The van der Waals surface area contributed by atoms with E-state index in [0.717, 1.165) is 25.4 Å². The fourth-order valence-corrected chi connectivity index (χ4v) is 2.12. The van der Waals surface area contributed by atoms with Gasteiger partial charge in [0.1, 0.15) is 0 Å². The Balaban J connectivity index is 2.10. The van der Waals surface area contributed by atoms with Crippen molar-refractivity contribution in [2.45, 2.75) is 40.0 Å². The molecule has 3 N–H and O–H groups in total. The smallest absolute Gasteiger partial charge is 0.226 e. The molecule has 1 rings (SSSR count). The molecule has 0 aromatic heterocycles. The van der Waals surface area contributed by atoms with Gasteiger partial charge in [0.25, 0.3) is 0 Å². The third-order valence-corrected chi connectivity index (χ3v) is 3.94. The van der Waals surface area contributed by atoms with Crippen molar-refractivity contribution in [1.82, 2.24) is 10.2 Å². The van der Waals surface area contributed by atoms with Crippen molar-refractivity contribution in [3.8, 4) is 0 Å². The van der Waals surface area contributed by atoms with E-state index in [1.54, 1.807) is 0 Å². The van der Waals surface area contributed by atoms with Crippen molar-refractivity contribution in [2.75, 3.05) is 32.7 Å². The summed E-state index contributed by atoms with van der Waals surface area (Å²) >= 11 is 0. The zero-order valence-corrected chi connectivity index (χ0v) is 12.2. The standard InChI is InChI=1S/C14H29N3O/c1-12-5-9-17(10-6-12)8-4-7-16-13(18)14(2,3)11-15/h12H,4-11,15H2,1-3H3,(H,16,18). The molecule has 1 aliphatic heterocycles. The number of amides is 1. The van der Waals surface area contributed by atoms with Crippen LogP contribution in [-0.2, 0) is 4.79 Å². The SMILES string of the molecule is CC1CCN(CCCNC(=O)C(C)(C)CN)CC1. The molecule has 4 heteroatoms. The largest absolute Gasteiger partial charge is 0.356 e. The number of carbonyl (C=O) groups is 1. The maximum atomic E-state index is 11.8. The first-order valence-electron chi connectivity index (χ1n) is 7.16. The van der Waals surface area contributed by atoms with Crippen LogP contribution in [0.25, 0.3) is 0 Å². The van der Waals surface area contributed by atoms with Gasteiger partial charge in [-0.2, -0.15) is 0 Å². The number of nitrogens with two attached hydrogens (primary N) is 1. The predicted octanol–water partition coefficient (Wildman–Crippen LogP) is 1.21. The van der Waals surface area contributed by atoms with Crippen LogP contribution in [0.15, 0.2) is 0 Å². The molecule has 106 valence electrons. The number of piperidine rings is 1. The van der Waals surface area contributed by atoms with Gasteiger partial charge in [0.15, 0.2) is 0 Å². The summed E-state index contributed by atoms with van der Waals surface area (Å²) in [7, 11) is 0. The third-order valence-electron chi connectivity index (χ3n) is 3.94. The average Bonchev–Trinajstić information content (AvgIpc) is 2.36. The van der Waals surface area contributed by atoms with Crippen molar-refractivity contribution in [1.29, 1.82) is 0 Å². The molecule has 0 radical (unpaired) electrons. The van der Waals surface area contributed by atoms with Gasteiger partial charge in [0, 0.05) is 13.1 Å². The Kier molecular flexibility index (Phi) is 6.09. The summed E-state index contributed by atoms with van der Waals surface area (Å²) < 4.78 is 0. The molecule has 0 aromatic rings. The Morgan fingerprint density at radius 1 is 1.39 bits per heavy atom. The number of carbonyl (C=O) groups excluding carboxylic acids is 1. The fourth-order valence-electron chi connectivity index (χ4n) is 2.12. The van der Waals surface area contributed by atoms with Gasteiger partial charge in [0.05, 0.1) is 5.41 Å².